The summed E-state index contributed by atoms with van der Waals surface area (Å²) in [7, 11) is 2.38. The van der Waals surface area contributed by atoms with E-state index in [0.717, 1.165) is 7.11 Å². The van der Waals surface area contributed by atoms with Crippen LogP contribution in [0.3, 0.4) is 0 Å². The number of phenolic OH excluding ortho intramolecular Hbond substituents is 2. The summed E-state index contributed by atoms with van der Waals surface area (Å²) in [6.45, 7) is 0.0172. The summed E-state index contributed by atoms with van der Waals surface area (Å²) < 4.78 is 20.2. The number of esters is 2. The molecule has 0 fully saturated rings. The first kappa shape index (κ1) is 17.7. The zero-order chi connectivity index (χ0) is 20.0. The van der Waals surface area contributed by atoms with Gasteiger partial charge in [-0.2, -0.15) is 0 Å². The lowest BCUT2D eigenvalue weighted by molar-refractivity contribution is -0.139. The van der Waals surface area contributed by atoms with E-state index in [1.807, 2.05) is 0 Å². The molecule has 2 N–H and O–H groups in total. The third-order valence-corrected chi connectivity index (χ3v) is 4.72. The van der Waals surface area contributed by atoms with Gasteiger partial charge in [0.15, 0.2) is 11.5 Å². The molecular formula is C20H16O8. The molecule has 0 saturated heterocycles. The van der Waals surface area contributed by atoms with Crippen molar-refractivity contribution in [1.29, 1.82) is 0 Å². The zero-order valence-electron chi connectivity index (χ0n) is 15.1. The van der Waals surface area contributed by atoms with Gasteiger partial charge in [-0.3, -0.25) is 4.79 Å². The lowest BCUT2D eigenvalue weighted by Gasteiger charge is -2.15. The van der Waals surface area contributed by atoms with E-state index in [1.54, 1.807) is 24.3 Å². The molecule has 8 nitrogen and oxygen atoms in total. The Labute approximate surface area is 158 Å². The minimum Gasteiger partial charge on any atom is -0.506 e. The molecule has 1 aliphatic heterocycles. The van der Waals surface area contributed by atoms with Gasteiger partial charge in [0.2, 0.25) is 6.79 Å². The van der Waals surface area contributed by atoms with Gasteiger partial charge >= 0.3 is 11.9 Å². The Bertz CT molecular complexity index is 1150. The van der Waals surface area contributed by atoms with Crippen LogP contribution in [0.1, 0.15) is 15.9 Å². The van der Waals surface area contributed by atoms with Crippen LogP contribution in [0.25, 0.3) is 21.5 Å². The second kappa shape index (κ2) is 6.49. The van der Waals surface area contributed by atoms with Gasteiger partial charge in [0, 0.05) is 0 Å². The summed E-state index contributed by atoms with van der Waals surface area (Å²) in [6.07, 6.45) is -0.246. The van der Waals surface area contributed by atoms with Crippen molar-refractivity contribution in [3.8, 4) is 23.0 Å². The van der Waals surface area contributed by atoms with Crippen LogP contribution in [0.15, 0.2) is 24.3 Å². The molecule has 3 aromatic rings. The third kappa shape index (κ3) is 2.53. The molecule has 4 rings (SSSR count). The molecule has 0 aromatic heterocycles. The number of phenols is 2. The molecule has 28 heavy (non-hydrogen) atoms. The van der Waals surface area contributed by atoms with Crippen LogP contribution in [0.2, 0.25) is 0 Å². The van der Waals surface area contributed by atoms with Crippen LogP contribution in [-0.2, 0) is 20.7 Å². The summed E-state index contributed by atoms with van der Waals surface area (Å²) in [5, 5.41) is 23.2. The van der Waals surface area contributed by atoms with Crippen molar-refractivity contribution in [2.75, 3.05) is 21.0 Å². The van der Waals surface area contributed by atoms with E-state index in [-0.39, 0.29) is 35.5 Å². The molecule has 0 atom stereocenters. The van der Waals surface area contributed by atoms with Crippen molar-refractivity contribution in [3.63, 3.8) is 0 Å². The largest absolute Gasteiger partial charge is 0.506 e. The Kier molecular flexibility index (Phi) is 4.11. The summed E-state index contributed by atoms with van der Waals surface area (Å²) in [6, 6.07) is 6.72. The smallest absolute Gasteiger partial charge is 0.341 e. The first-order valence-corrected chi connectivity index (χ1v) is 8.34. The normalized spacial score (nSPS) is 12.4. The maximum atomic E-state index is 12.3. The van der Waals surface area contributed by atoms with Crippen LogP contribution < -0.4 is 9.47 Å². The maximum absolute atomic E-state index is 12.3. The Hall–Kier alpha value is -3.68. The van der Waals surface area contributed by atoms with Gasteiger partial charge in [0.05, 0.1) is 31.4 Å². The first-order chi connectivity index (χ1) is 13.5. The van der Waals surface area contributed by atoms with Crippen molar-refractivity contribution in [3.05, 3.63) is 35.4 Å². The van der Waals surface area contributed by atoms with Crippen molar-refractivity contribution >= 4 is 33.5 Å². The Morgan fingerprint density at radius 2 is 1.79 bits per heavy atom. The van der Waals surface area contributed by atoms with Crippen LogP contribution in [-0.4, -0.2) is 43.2 Å². The Morgan fingerprint density at radius 1 is 1.00 bits per heavy atom. The van der Waals surface area contributed by atoms with E-state index in [9.17, 15) is 19.8 Å². The number of benzene rings is 3. The standard InChI is InChI=1S/C20H16O8/c1-25-13(21)7-11-6-10-5-9-3-4-12-19(28-8-27-12)15(9)17(22)14(10)18(23)16(11)20(24)26-2/h3-6,22-23H,7-8H2,1-2H3. The number of methoxy groups -OCH3 is 2. The Balaban J connectivity index is 2.09. The van der Waals surface area contributed by atoms with Crippen LogP contribution in [0, 0.1) is 0 Å². The molecular weight excluding hydrogens is 368 g/mol. The first-order valence-electron chi connectivity index (χ1n) is 8.34. The van der Waals surface area contributed by atoms with Gasteiger partial charge in [0.25, 0.3) is 0 Å². The van der Waals surface area contributed by atoms with Gasteiger partial charge in [-0.05, 0) is 34.5 Å². The number of fused-ring (bicyclic) bond motifs is 4. The fourth-order valence-corrected chi connectivity index (χ4v) is 3.45. The topological polar surface area (TPSA) is 112 Å². The van der Waals surface area contributed by atoms with Gasteiger partial charge in [-0.1, -0.05) is 6.07 Å². The lowest BCUT2D eigenvalue weighted by atomic mass is 9.93. The molecule has 0 radical (unpaired) electrons. The van der Waals surface area contributed by atoms with E-state index < -0.39 is 17.7 Å². The predicted molar refractivity (Wildman–Crippen MR) is 98.0 cm³/mol. The molecule has 0 amide bonds. The number of carbonyl (C=O) groups is 2. The van der Waals surface area contributed by atoms with Crippen molar-refractivity contribution < 1.29 is 38.7 Å². The molecule has 0 saturated carbocycles. The predicted octanol–water partition coefficient (Wildman–Crippen LogP) is 2.64. The molecule has 0 bridgehead atoms. The van der Waals surface area contributed by atoms with E-state index in [0.29, 0.717) is 27.7 Å². The highest BCUT2D eigenvalue weighted by Crippen LogP contribution is 2.49. The second-order valence-corrected chi connectivity index (χ2v) is 6.22. The van der Waals surface area contributed by atoms with Crippen molar-refractivity contribution in [2.24, 2.45) is 0 Å². The fraction of sp³-hybridized carbons (Fsp3) is 0.200. The molecule has 0 spiro atoms. The Morgan fingerprint density at radius 3 is 2.50 bits per heavy atom. The monoisotopic (exact) mass is 384 g/mol. The summed E-state index contributed by atoms with van der Waals surface area (Å²) >= 11 is 0. The van der Waals surface area contributed by atoms with E-state index in [1.165, 1.54) is 7.11 Å². The summed E-state index contributed by atoms with van der Waals surface area (Å²) in [5.74, 6) is -1.35. The highest BCUT2D eigenvalue weighted by atomic mass is 16.7. The molecule has 1 heterocycles. The molecule has 1 aliphatic rings. The lowest BCUT2D eigenvalue weighted by Crippen LogP contribution is -2.12. The minimum atomic E-state index is -0.837. The van der Waals surface area contributed by atoms with Crippen LogP contribution in [0.5, 0.6) is 23.0 Å². The molecule has 3 aromatic carbocycles. The highest BCUT2D eigenvalue weighted by molar-refractivity contribution is 6.14. The van der Waals surface area contributed by atoms with E-state index in [2.05, 4.69) is 4.74 Å². The average molecular weight is 384 g/mol. The van der Waals surface area contributed by atoms with E-state index in [4.69, 9.17) is 14.2 Å². The quantitative estimate of drug-likeness (QED) is 0.524. The molecule has 0 unspecified atom stereocenters. The third-order valence-electron chi connectivity index (χ3n) is 4.72. The summed E-state index contributed by atoms with van der Waals surface area (Å²) in [5.41, 5.74) is 0.0167. The van der Waals surface area contributed by atoms with Crippen LogP contribution in [0.4, 0.5) is 0 Å². The van der Waals surface area contributed by atoms with Gasteiger partial charge in [-0.25, -0.2) is 4.79 Å². The average Bonchev–Trinajstić information content (AvgIpc) is 3.15. The van der Waals surface area contributed by atoms with Gasteiger partial charge in [0.1, 0.15) is 17.1 Å². The SMILES string of the molecule is COC(=O)Cc1cc2cc3ccc4c(c3c(O)c2c(O)c1C(=O)OC)OCO4. The van der Waals surface area contributed by atoms with Crippen LogP contribution >= 0.6 is 0 Å². The number of rotatable bonds is 3. The van der Waals surface area contributed by atoms with Gasteiger partial charge in [-0.15, -0.1) is 0 Å². The minimum absolute atomic E-state index is 0.0172. The molecule has 8 heteroatoms. The maximum Gasteiger partial charge on any atom is 0.341 e. The molecule has 144 valence electrons. The number of hydrogen-bond acceptors (Lipinski definition) is 8. The number of hydrogen-bond donors (Lipinski definition) is 2. The number of carbonyl (C=O) groups excluding carboxylic acids is 2. The number of ether oxygens (including phenoxy) is 4. The van der Waals surface area contributed by atoms with Crippen molar-refractivity contribution in [1.82, 2.24) is 0 Å². The van der Waals surface area contributed by atoms with Crippen molar-refractivity contribution in [2.45, 2.75) is 6.42 Å². The van der Waals surface area contributed by atoms with E-state index >= 15 is 0 Å². The molecule has 0 aliphatic carbocycles. The highest BCUT2D eigenvalue weighted by Gasteiger charge is 2.27. The fourth-order valence-electron chi connectivity index (χ4n) is 3.45. The zero-order valence-corrected chi connectivity index (χ0v) is 15.1. The van der Waals surface area contributed by atoms with Gasteiger partial charge < -0.3 is 29.2 Å². The number of aromatic hydroxyl groups is 2. The second-order valence-electron chi connectivity index (χ2n) is 6.22. The summed E-state index contributed by atoms with van der Waals surface area (Å²) in [4.78, 5) is 24.0.